The number of hydrogen-bond acceptors (Lipinski definition) is 2. The number of hydrogen-bond donors (Lipinski definition) is 1. The summed E-state index contributed by atoms with van der Waals surface area (Å²) in [6.07, 6.45) is 0.839. The average Bonchev–Trinajstić information content (AvgIpc) is 2.43. The van der Waals surface area contributed by atoms with E-state index in [0.717, 1.165) is 6.42 Å². The predicted molar refractivity (Wildman–Crippen MR) is 35.2 cm³/mol. The van der Waals surface area contributed by atoms with E-state index in [2.05, 4.69) is 0 Å². The second-order valence-corrected chi connectivity index (χ2v) is 2.74. The Kier molecular flexibility index (Phi) is 1.53. The lowest BCUT2D eigenvalue weighted by molar-refractivity contribution is 0.0872. The fourth-order valence-corrected chi connectivity index (χ4v) is 1.40. The average molecular weight is 130 g/mol. The lowest BCUT2D eigenvalue weighted by atomic mass is 9.97. The lowest BCUT2D eigenvalue weighted by Crippen LogP contribution is -2.27. The molecule has 0 aromatic rings. The molecule has 0 amide bonds. The van der Waals surface area contributed by atoms with Crippen LogP contribution in [0, 0.1) is 0 Å². The maximum absolute atomic E-state index is 9.19. The van der Waals surface area contributed by atoms with Crippen LogP contribution in [0.5, 0.6) is 0 Å². The van der Waals surface area contributed by atoms with Crippen molar-refractivity contribution in [2.24, 2.45) is 0 Å². The molecule has 54 valence electrons. The van der Waals surface area contributed by atoms with Gasteiger partial charge in [0.05, 0.1) is 12.2 Å². The third-order valence-corrected chi connectivity index (χ3v) is 2.29. The van der Waals surface area contributed by atoms with Crippen LogP contribution in [0.3, 0.4) is 0 Å². The summed E-state index contributed by atoms with van der Waals surface area (Å²) in [5, 5.41) is 9.19. The largest absolute Gasteiger partial charge is 0.390 e. The first-order valence-corrected chi connectivity index (χ1v) is 3.49. The molecule has 0 saturated carbocycles. The number of rotatable bonds is 2. The van der Waals surface area contributed by atoms with Gasteiger partial charge in [-0.3, -0.25) is 0 Å². The lowest BCUT2D eigenvalue weighted by Gasteiger charge is -2.11. The van der Waals surface area contributed by atoms with Crippen molar-refractivity contribution >= 4 is 0 Å². The predicted octanol–water partition coefficient (Wildman–Crippen LogP) is 0.935. The Morgan fingerprint density at radius 2 is 2.22 bits per heavy atom. The maximum atomic E-state index is 9.19. The number of epoxide rings is 1. The number of aliphatic hydroxyl groups excluding tert-OH is 1. The highest BCUT2D eigenvalue weighted by molar-refractivity contribution is 5.02. The van der Waals surface area contributed by atoms with Crippen molar-refractivity contribution in [3.63, 3.8) is 0 Å². The van der Waals surface area contributed by atoms with E-state index >= 15 is 0 Å². The second kappa shape index (κ2) is 1.96. The quantitative estimate of drug-likeness (QED) is 0.564. The van der Waals surface area contributed by atoms with E-state index in [9.17, 15) is 5.11 Å². The van der Waals surface area contributed by atoms with Crippen molar-refractivity contribution in [3.8, 4) is 0 Å². The van der Waals surface area contributed by atoms with Crippen LogP contribution >= 0.6 is 0 Å². The Balaban J connectivity index is 2.52. The number of aliphatic hydroxyl groups is 1. The molecule has 9 heavy (non-hydrogen) atoms. The van der Waals surface area contributed by atoms with Crippen molar-refractivity contribution < 1.29 is 9.84 Å². The molecule has 1 rings (SSSR count). The molecule has 0 aromatic heterocycles. The Labute approximate surface area is 55.8 Å². The monoisotopic (exact) mass is 130 g/mol. The van der Waals surface area contributed by atoms with E-state index in [1.807, 2.05) is 13.8 Å². The molecule has 1 aliphatic heterocycles. The molecule has 0 bridgehead atoms. The minimum Gasteiger partial charge on any atom is -0.390 e. The molecule has 0 aliphatic carbocycles. The van der Waals surface area contributed by atoms with E-state index < -0.39 is 0 Å². The van der Waals surface area contributed by atoms with Gasteiger partial charge in [0.25, 0.3) is 0 Å². The minimum absolute atomic E-state index is 0.194. The van der Waals surface area contributed by atoms with Gasteiger partial charge in [-0.2, -0.15) is 0 Å². The molecule has 1 heterocycles. The van der Waals surface area contributed by atoms with Gasteiger partial charge in [-0.25, -0.2) is 0 Å². The van der Waals surface area contributed by atoms with E-state index in [4.69, 9.17) is 4.74 Å². The molecule has 1 fully saturated rings. The van der Waals surface area contributed by atoms with Crippen LogP contribution in [0.1, 0.15) is 27.2 Å². The van der Waals surface area contributed by atoms with E-state index in [0.29, 0.717) is 0 Å². The number of ether oxygens (including phenoxy) is 1. The summed E-state index contributed by atoms with van der Waals surface area (Å²) in [6, 6.07) is 0. The third-order valence-electron chi connectivity index (χ3n) is 2.29. The van der Waals surface area contributed by atoms with Crippen molar-refractivity contribution in [1.29, 1.82) is 0 Å². The molecular formula is C7H14O2. The molecule has 0 spiro atoms. The molecule has 2 heteroatoms. The normalized spacial score (nSPS) is 44.7. The van der Waals surface area contributed by atoms with E-state index in [-0.39, 0.29) is 17.8 Å². The Bertz CT molecular complexity index is 107. The molecule has 0 aromatic carbocycles. The Morgan fingerprint density at radius 3 is 2.22 bits per heavy atom. The van der Waals surface area contributed by atoms with Crippen LogP contribution in [0.2, 0.25) is 0 Å². The van der Waals surface area contributed by atoms with Gasteiger partial charge >= 0.3 is 0 Å². The summed E-state index contributed by atoms with van der Waals surface area (Å²) in [5.74, 6) is 0. The van der Waals surface area contributed by atoms with Gasteiger partial charge in [0, 0.05) is 0 Å². The van der Waals surface area contributed by atoms with Crippen molar-refractivity contribution in [2.45, 2.75) is 45.0 Å². The fourth-order valence-electron chi connectivity index (χ4n) is 1.40. The zero-order chi connectivity index (χ0) is 7.07. The van der Waals surface area contributed by atoms with Gasteiger partial charge in [0.15, 0.2) is 0 Å². The standard InChI is InChI=1S/C7H14O2/c1-4-7(5(2)8)6(3)9-7/h5-6,8H,4H2,1-3H3. The van der Waals surface area contributed by atoms with Crippen molar-refractivity contribution in [3.05, 3.63) is 0 Å². The van der Waals surface area contributed by atoms with Crippen molar-refractivity contribution in [1.82, 2.24) is 0 Å². The van der Waals surface area contributed by atoms with Crippen LogP contribution in [-0.2, 0) is 4.74 Å². The molecule has 3 atom stereocenters. The van der Waals surface area contributed by atoms with Gasteiger partial charge in [-0.05, 0) is 20.3 Å². The molecule has 1 saturated heterocycles. The Hall–Kier alpha value is -0.0800. The maximum Gasteiger partial charge on any atom is 0.120 e. The zero-order valence-corrected chi connectivity index (χ0v) is 6.22. The van der Waals surface area contributed by atoms with Crippen LogP contribution in [0.15, 0.2) is 0 Å². The first kappa shape index (κ1) is 7.03. The highest BCUT2D eigenvalue weighted by atomic mass is 16.6. The van der Waals surface area contributed by atoms with Crippen LogP contribution in [0.25, 0.3) is 0 Å². The van der Waals surface area contributed by atoms with Crippen LogP contribution in [0.4, 0.5) is 0 Å². The molecule has 0 radical (unpaired) electrons. The van der Waals surface area contributed by atoms with Gasteiger partial charge < -0.3 is 9.84 Å². The highest BCUT2D eigenvalue weighted by Gasteiger charge is 2.55. The summed E-state index contributed by atoms with van der Waals surface area (Å²) in [7, 11) is 0. The molecule has 1 N–H and O–H groups in total. The van der Waals surface area contributed by atoms with Crippen LogP contribution in [-0.4, -0.2) is 22.9 Å². The fraction of sp³-hybridized carbons (Fsp3) is 1.00. The Morgan fingerprint density at radius 1 is 1.78 bits per heavy atom. The first-order valence-electron chi connectivity index (χ1n) is 3.49. The van der Waals surface area contributed by atoms with Gasteiger partial charge in [-0.15, -0.1) is 0 Å². The van der Waals surface area contributed by atoms with Gasteiger partial charge in [0.1, 0.15) is 5.60 Å². The SMILES string of the molecule is CCC1(C(C)O)OC1C. The first-order chi connectivity index (χ1) is 4.13. The third kappa shape index (κ3) is 0.864. The highest BCUT2D eigenvalue weighted by Crippen LogP contribution is 2.41. The molecule has 3 unspecified atom stereocenters. The topological polar surface area (TPSA) is 32.8 Å². The summed E-state index contributed by atoms with van der Waals surface area (Å²) in [6.45, 7) is 5.82. The smallest absolute Gasteiger partial charge is 0.120 e. The van der Waals surface area contributed by atoms with Gasteiger partial charge in [0.2, 0.25) is 0 Å². The molecule has 2 nitrogen and oxygen atoms in total. The summed E-state index contributed by atoms with van der Waals surface area (Å²) in [5.41, 5.74) is -0.194. The van der Waals surface area contributed by atoms with E-state index in [1.165, 1.54) is 0 Å². The van der Waals surface area contributed by atoms with Crippen LogP contribution < -0.4 is 0 Å². The zero-order valence-electron chi connectivity index (χ0n) is 6.22. The summed E-state index contributed by atoms with van der Waals surface area (Å²) < 4.78 is 5.27. The summed E-state index contributed by atoms with van der Waals surface area (Å²) in [4.78, 5) is 0. The molecule has 1 aliphatic rings. The minimum atomic E-state index is -0.322. The van der Waals surface area contributed by atoms with Gasteiger partial charge in [-0.1, -0.05) is 6.92 Å². The molecular weight excluding hydrogens is 116 g/mol. The summed E-state index contributed by atoms with van der Waals surface area (Å²) >= 11 is 0. The van der Waals surface area contributed by atoms with E-state index in [1.54, 1.807) is 6.92 Å². The van der Waals surface area contributed by atoms with Crippen molar-refractivity contribution in [2.75, 3.05) is 0 Å². The second-order valence-electron chi connectivity index (χ2n) is 2.74.